The van der Waals surface area contributed by atoms with Crippen molar-refractivity contribution in [2.24, 2.45) is 0 Å². The van der Waals surface area contributed by atoms with Gasteiger partial charge in [-0.2, -0.15) is 0 Å². The highest BCUT2D eigenvalue weighted by molar-refractivity contribution is 5.16. The summed E-state index contributed by atoms with van der Waals surface area (Å²) in [5.74, 6) is 0. The Hall–Kier alpha value is -0.870. The molecule has 1 aromatic rings. The lowest BCUT2D eigenvalue weighted by Gasteiger charge is -2.37. The maximum absolute atomic E-state index is 9.69. The van der Waals surface area contributed by atoms with Gasteiger partial charge in [0.05, 0.1) is 12.3 Å². The SMILES string of the molecule is OC[C@]1(c2ccon2)CC[C@H](NC2CC2)CC1. The van der Waals surface area contributed by atoms with Crippen LogP contribution in [0.25, 0.3) is 0 Å². The van der Waals surface area contributed by atoms with Crippen LogP contribution in [0.5, 0.6) is 0 Å². The van der Waals surface area contributed by atoms with Crippen molar-refractivity contribution in [3.8, 4) is 0 Å². The first kappa shape index (κ1) is 11.2. The molecule has 0 amide bonds. The first-order valence-electron chi connectivity index (χ1n) is 6.60. The lowest BCUT2D eigenvalue weighted by molar-refractivity contribution is 0.131. The number of hydrogen-bond acceptors (Lipinski definition) is 4. The Kier molecular flexibility index (Phi) is 2.92. The van der Waals surface area contributed by atoms with E-state index in [0.717, 1.165) is 37.4 Å². The van der Waals surface area contributed by atoms with Gasteiger partial charge < -0.3 is 14.9 Å². The predicted octanol–water partition coefficient (Wildman–Crippen LogP) is 1.60. The molecule has 17 heavy (non-hydrogen) atoms. The summed E-state index contributed by atoms with van der Waals surface area (Å²) in [7, 11) is 0. The summed E-state index contributed by atoms with van der Waals surface area (Å²) in [6, 6.07) is 3.30. The molecule has 0 aromatic carbocycles. The molecule has 1 aromatic heterocycles. The fourth-order valence-electron chi connectivity index (χ4n) is 2.90. The zero-order chi connectivity index (χ0) is 11.7. The fourth-order valence-corrected chi connectivity index (χ4v) is 2.90. The van der Waals surface area contributed by atoms with E-state index in [4.69, 9.17) is 4.52 Å². The van der Waals surface area contributed by atoms with Crippen LogP contribution in [-0.2, 0) is 5.41 Å². The molecule has 2 fully saturated rings. The van der Waals surface area contributed by atoms with Crippen molar-refractivity contribution in [3.63, 3.8) is 0 Å². The summed E-state index contributed by atoms with van der Waals surface area (Å²) >= 11 is 0. The van der Waals surface area contributed by atoms with Gasteiger partial charge in [0.25, 0.3) is 0 Å². The van der Waals surface area contributed by atoms with E-state index >= 15 is 0 Å². The number of hydrogen-bond donors (Lipinski definition) is 2. The lowest BCUT2D eigenvalue weighted by atomic mass is 9.71. The third-order valence-corrected chi connectivity index (χ3v) is 4.28. The molecule has 0 radical (unpaired) electrons. The molecular weight excluding hydrogens is 216 g/mol. The normalized spacial score (nSPS) is 33.8. The van der Waals surface area contributed by atoms with Gasteiger partial charge >= 0.3 is 0 Å². The summed E-state index contributed by atoms with van der Waals surface area (Å²) in [5, 5.41) is 17.4. The van der Waals surface area contributed by atoms with Crippen LogP contribution in [0, 0.1) is 0 Å². The number of aliphatic hydroxyl groups is 1. The third kappa shape index (κ3) is 2.24. The summed E-state index contributed by atoms with van der Waals surface area (Å²) in [4.78, 5) is 0. The quantitative estimate of drug-likeness (QED) is 0.833. The van der Waals surface area contributed by atoms with Crippen LogP contribution < -0.4 is 5.32 Å². The topological polar surface area (TPSA) is 58.3 Å². The van der Waals surface area contributed by atoms with Crippen molar-refractivity contribution in [1.29, 1.82) is 0 Å². The number of aromatic nitrogens is 1. The molecule has 2 saturated carbocycles. The number of nitrogens with one attached hydrogen (secondary N) is 1. The molecule has 94 valence electrons. The molecule has 2 aliphatic carbocycles. The monoisotopic (exact) mass is 236 g/mol. The van der Waals surface area contributed by atoms with Crippen LogP contribution in [0.2, 0.25) is 0 Å². The first-order valence-corrected chi connectivity index (χ1v) is 6.60. The average molecular weight is 236 g/mol. The molecule has 3 rings (SSSR count). The molecule has 0 bridgehead atoms. The second kappa shape index (κ2) is 4.42. The Morgan fingerprint density at radius 1 is 1.29 bits per heavy atom. The third-order valence-electron chi connectivity index (χ3n) is 4.28. The highest BCUT2D eigenvalue weighted by atomic mass is 16.5. The van der Waals surface area contributed by atoms with Gasteiger partial charge in [-0.05, 0) is 38.5 Å². The van der Waals surface area contributed by atoms with Crippen LogP contribution in [0.1, 0.15) is 44.2 Å². The van der Waals surface area contributed by atoms with Gasteiger partial charge in [0.15, 0.2) is 0 Å². The van der Waals surface area contributed by atoms with Gasteiger partial charge in [-0.15, -0.1) is 0 Å². The largest absolute Gasteiger partial charge is 0.395 e. The van der Waals surface area contributed by atoms with Crippen molar-refractivity contribution in [2.75, 3.05) is 6.61 Å². The molecule has 0 spiro atoms. The number of nitrogens with zero attached hydrogens (tertiary/aromatic N) is 1. The Morgan fingerprint density at radius 3 is 2.53 bits per heavy atom. The van der Waals surface area contributed by atoms with Crippen molar-refractivity contribution >= 4 is 0 Å². The molecule has 2 aliphatic rings. The molecular formula is C13H20N2O2. The summed E-state index contributed by atoms with van der Waals surface area (Å²) in [6.45, 7) is 0.176. The Morgan fingerprint density at radius 2 is 2.00 bits per heavy atom. The maximum atomic E-state index is 9.69. The average Bonchev–Trinajstić information content (AvgIpc) is 3.01. The van der Waals surface area contributed by atoms with Crippen molar-refractivity contribution in [3.05, 3.63) is 18.0 Å². The fraction of sp³-hybridized carbons (Fsp3) is 0.769. The summed E-state index contributed by atoms with van der Waals surface area (Å²) < 4.78 is 4.92. The van der Waals surface area contributed by atoms with E-state index in [1.54, 1.807) is 6.26 Å². The lowest BCUT2D eigenvalue weighted by Crippen LogP contribution is -2.42. The molecule has 0 aliphatic heterocycles. The molecule has 4 nitrogen and oxygen atoms in total. The second-order valence-electron chi connectivity index (χ2n) is 5.54. The molecule has 0 unspecified atom stereocenters. The van der Waals surface area contributed by atoms with E-state index in [1.165, 1.54) is 12.8 Å². The minimum absolute atomic E-state index is 0.158. The van der Waals surface area contributed by atoms with Crippen LogP contribution in [0.15, 0.2) is 16.9 Å². The van der Waals surface area contributed by atoms with Crippen LogP contribution in [-0.4, -0.2) is 29.0 Å². The van der Waals surface area contributed by atoms with Crippen molar-refractivity contribution < 1.29 is 9.63 Å². The predicted molar refractivity (Wildman–Crippen MR) is 63.7 cm³/mol. The number of rotatable bonds is 4. The maximum Gasteiger partial charge on any atom is 0.124 e. The van der Waals surface area contributed by atoms with Gasteiger partial charge in [-0.1, -0.05) is 5.16 Å². The van der Waals surface area contributed by atoms with Gasteiger partial charge in [0.2, 0.25) is 0 Å². The number of aliphatic hydroxyl groups excluding tert-OH is 1. The summed E-state index contributed by atoms with van der Waals surface area (Å²) in [5.41, 5.74) is 0.763. The first-order chi connectivity index (χ1) is 8.32. The van der Waals surface area contributed by atoms with E-state index in [1.807, 2.05) is 6.07 Å². The highest BCUT2D eigenvalue weighted by Crippen LogP contribution is 2.39. The zero-order valence-corrected chi connectivity index (χ0v) is 10.1. The molecule has 2 N–H and O–H groups in total. The summed E-state index contributed by atoms with van der Waals surface area (Å²) in [6.07, 6.45) is 8.53. The standard InChI is InChI=1S/C13H20N2O2/c16-9-13(12-5-8-17-15-12)6-3-11(4-7-13)14-10-1-2-10/h5,8,10-11,14,16H,1-4,6-7,9H2/t11-,13-. The molecule has 0 saturated heterocycles. The molecule has 0 atom stereocenters. The van der Waals surface area contributed by atoms with Crippen LogP contribution in [0.4, 0.5) is 0 Å². The van der Waals surface area contributed by atoms with E-state index in [9.17, 15) is 5.11 Å². The Bertz CT molecular complexity index is 352. The minimum Gasteiger partial charge on any atom is -0.395 e. The van der Waals surface area contributed by atoms with Gasteiger partial charge in [-0.3, -0.25) is 0 Å². The molecule has 1 heterocycles. The highest BCUT2D eigenvalue weighted by Gasteiger charge is 2.39. The van der Waals surface area contributed by atoms with Gasteiger partial charge in [0, 0.05) is 23.6 Å². The minimum atomic E-state index is -0.158. The second-order valence-corrected chi connectivity index (χ2v) is 5.54. The van der Waals surface area contributed by atoms with Gasteiger partial charge in [0.1, 0.15) is 6.26 Å². The Balaban J connectivity index is 1.64. The zero-order valence-electron chi connectivity index (χ0n) is 10.1. The van der Waals surface area contributed by atoms with E-state index in [0.29, 0.717) is 6.04 Å². The van der Waals surface area contributed by atoms with Gasteiger partial charge in [-0.25, -0.2) is 0 Å². The van der Waals surface area contributed by atoms with Crippen molar-refractivity contribution in [1.82, 2.24) is 10.5 Å². The smallest absolute Gasteiger partial charge is 0.124 e. The van der Waals surface area contributed by atoms with E-state index < -0.39 is 0 Å². The van der Waals surface area contributed by atoms with Crippen LogP contribution >= 0.6 is 0 Å². The van der Waals surface area contributed by atoms with E-state index in [2.05, 4.69) is 10.5 Å². The van der Waals surface area contributed by atoms with Crippen LogP contribution in [0.3, 0.4) is 0 Å². The van der Waals surface area contributed by atoms with E-state index in [-0.39, 0.29) is 12.0 Å². The molecule has 4 heteroatoms. The van der Waals surface area contributed by atoms with Crippen molar-refractivity contribution in [2.45, 2.75) is 56.0 Å². The Labute approximate surface area is 101 Å².